The van der Waals surface area contributed by atoms with Gasteiger partial charge < -0.3 is 9.80 Å². The summed E-state index contributed by atoms with van der Waals surface area (Å²) >= 11 is 0. The Balaban J connectivity index is 1.49. The molecule has 2 aromatic rings. The van der Waals surface area contributed by atoms with E-state index in [0.717, 1.165) is 67.3 Å². The fourth-order valence-corrected chi connectivity index (χ4v) is 5.16. The van der Waals surface area contributed by atoms with E-state index < -0.39 is 0 Å². The molecule has 2 amide bonds. The van der Waals surface area contributed by atoms with E-state index in [1.165, 1.54) is 6.42 Å². The summed E-state index contributed by atoms with van der Waals surface area (Å²) in [5.41, 5.74) is 5.02. The Hall–Kier alpha value is -2.44. The maximum Gasteiger partial charge on any atom is 0.222 e. The minimum Gasteiger partial charge on any atom is -0.342 e. The number of fused-ring (bicyclic) bond motifs is 1. The zero-order valence-electron chi connectivity index (χ0n) is 19.4. The summed E-state index contributed by atoms with van der Waals surface area (Å²) in [5, 5.41) is 4.86. The predicted octanol–water partition coefficient (Wildman–Crippen LogP) is 3.26. The average Bonchev–Trinajstić information content (AvgIpc) is 3.40. The van der Waals surface area contributed by atoms with Gasteiger partial charge >= 0.3 is 0 Å². The summed E-state index contributed by atoms with van der Waals surface area (Å²) in [6, 6.07) is 2.06. The first kappa shape index (κ1) is 21.8. The minimum atomic E-state index is 0.214. The number of likely N-dealkylation sites (tertiary alicyclic amines) is 2. The van der Waals surface area contributed by atoms with Crippen LogP contribution in [0.4, 0.5) is 0 Å². The number of piperidine rings is 1. The summed E-state index contributed by atoms with van der Waals surface area (Å²) in [4.78, 5) is 33.5. The third kappa shape index (κ3) is 4.46. The standard InChI is InChI=1S/C24H35N5O2/c1-5-23(30)28-12-10-19(15-28)21-13-22-25-17(3)20(18(4)29(22)26-21)8-9-24(31)27-11-6-7-16(2)14-27/h13,16,19H,5-12,14-15H2,1-4H3/t16-,19-/m1/s1. The van der Waals surface area contributed by atoms with Gasteiger partial charge in [-0.05, 0) is 51.0 Å². The Labute approximate surface area is 184 Å². The lowest BCUT2D eigenvalue weighted by Crippen LogP contribution is -2.39. The SMILES string of the molecule is CCC(=O)N1CC[C@@H](c2cc3nc(C)c(CCC(=O)N4CCC[C@@H](C)C4)c(C)n3n2)C1. The Bertz CT molecular complexity index is 982. The molecule has 4 rings (SSSR count). The molecule has 7 heteroatoms. The lowest BCUT2D eigenvalue weighted by atomic mass is 9.99. The van der Waals surface area contributed by atoms with Crippen molar-refractivity contribution in [3.63, 3.8) is 0 Å². The Morgan fingerprint density at radius 3 is 2.61 bits per heavy atom. The zero-order valence-corrected chi connectivity index (χ0v) is 19.4. The number of aryl methyl sites for hydroxylation is 2. The van der Waals surface area contributed by atoms with Gasteiger partial charge in [-0.2, -0.15) is 5.10 Å². The molecule has 2 aliphatic rings. The van der Waals surface area contributed by atoms with Gasteiger partial charge in [-0.3, -0.25) is 9.59 Å². The van der Waals surface area contributed by atoms with Crippen LogP contribution in [0.15, 0.2) is 6.07 Å². The molecule has 0 unspecified atom stereocenters. The monoisotopic (exact) mass is 425 g/mol. The third-order valence-electron chi connectivity index (χ3n) is 7.04. The molecule has 2 aromatic heterocycles. The van der Waals surface area contributed by atoms with Crippen molar-refractivity contribution in [2.75, 3.05) is 26.2 Å². The van der Waals surface area contributed by atoms with Crippen LogP contribution in [0.25, 0.3) is 5.65 Å². The van der Waals surface area contributed by atoms with E-state index in [9.17, 15) is 9.59 Å². The lowest BCUT2D eigenvalue weighted by Gasteiger charge is -2.31. The van der Waals surface area contributed by atoms with Crippen LogP contribution in [0.2, 0.25) is 0 Å². The number of carbonyl (C=O) groups excluding carboxylic acids is 2. The zero-order chi connectivity index (χ0) is 22.1. The predicted molar refractivity (Wildman–Crippen MR) is 120 cm³/mol. The van der Waals surface area contributed by atoms with Gasteiger partial charge in [-0.15, -0.1) is 0 Å². The Kier molecular flexibility index (Phi) is 6.30. The van der Waals surface area contributed by atoms with Crippen LogP contribution >= 0.6 is 0 Å². The van der Waals surface area contributed by atoms with Gasteiger partial charge in [0.15, 0.2) is 5.65 Å². The van der Waals surface area contributed by atoms with Crippen LogP contribution in [-0.4, -0.2) is 62.4 Å². The molecule has 2 atom stereocenters. The summed E-state index contributed by atoms with van der Waals surface area (Å²) in [7, 11) is 0. The molecule has 0 bridgehead atoms. The van der Waals surface area contributed by atoms with Gasteiger partial charge in [0.1, 0.15) is 0 Å². The van der Waals surface area contributed by atoms with Crippen LogP contribution in [-0.2, 0) is 16.0 Å². The van der Waals surface area contributed by atoms with Crippen molar-refractivity contribution in [1.29, 1.82) is 0 Å². The maximum absolute atomic E-state index is 12.7. The minimum absolute atomic E-state index is 0.214. The third-order valence-corrected chi connectivity index (χ3v) is 7.04. The quantitative estimate of drug-likeness (QED) is 0.737. The molecule has 0 saturated carbocycles. The average molecular weight is 426 g/mol. The highest BCUT2D eigenvalue weighted by Crippen LogP contribution is 2.28. The lowest BCUT2D eigenvalue weighted by molar-refractivity contribution is -0.133. The van der Waals surface area contributed by atoms with Gasteiger partial charge in [-0.1, -0.05) is 13.8 Å². The fourth-order valence-electron chi connectivity index (χ4n) is 5.16. The molecule has 2 aliphatic heterocycles. The maximum atomic E-state index is 12.7. The van der Waals surface area contributed by atoms with E-state index in [1.807, 2.05) is 28.2 Å². The molecule has 2 fully saturated rings. The van der Waals surface area contributed by atoms with Crippen molar-refractivity contribution in [2.24, 2.45) is 5.92 Å². The first-order chi connectivity index (χ1) is 14.9. The molecule has 0 spiro atoms. The number of rotatable bonds is 5. The van der Waals surface area contributed by atoms with E-state index in [0.29, 0.717) is 25.2 Å². The van der Waals surface area contributed by atoms with E-state index >= 15 is 0 Å². The number of carbonyl (C=O) groups is 2. The molecule has 0 radical (unpaired) electrons. The van der Waals surface area contributed by atoms with Gasteiger partial charge in [0.25, 0.3) is 0 Å². The summed E-state index contributed by atoms with van der Waals surface area (Å²) < 4.78 is 1.93. The number of amides is 2. The Morgan fingerprint density at radius 2 is 1.87 bits per heavy atom. The van der Waals surface area contributed by atoms with E-state index in [2.05, 4.69) is 19.9 Å². The molecule has 7 nitrogen and oxygen atoms in total. The second-order valence-corrected chi connectivity index (χ2v) is 9.37. The van der Waals surface area contributed by atoms with Crippen molar-refractivity contribution in [3.05, 3.63) is 28.7 Å². The summed E-state index contributed by atoms with van der Waals surface area (Å²) in [5.74, 6) is 1.33. The van der Waals surface area contributed by atoms with E-state index in [-0.39, 0.29) is 17.7 Å². The van der Waals surface area contributed by atoms with Crippen molar-refractivity contribution in [1.82, 2.24) is 24.4 Å². The van der Waals surface area contributed by atoms with E-state index in [1.54, 1.807) is 0 Å². The van der Waals surface area contributed by atoms with Gasteiger partial charge in [0.05, 0.1) is 5.69 Å². The highest BCUT2D eigenvalue weighted by Gasteiger charge is 2.29. The van der Waals surface area contributed by atoms with Crippen LogP contribution in [0.3, 0.4) is 0 Å². The molecule has 0 N–H and O–H groups in total. The Morgan fingerprint density at radius 1 is 1.10 bits per heavy atom. The van der Waals surface area contributed by atoms with Crippen LogP contribution in [0.1, 0.15) is 74.5 Å². The molecule has 0 aromatic carbocycles. The fraction of sp³-hybridized carbons (Fsp3) is 0.667. The smallest absolute Gasteiger partial charge is 0.222 e. The van der Waals surface area contributed by atoms with Crippen molar-refractivity contribution >= 4 is 17.5 Å². The number of nitrogens with zero attached hydrogens (tertiary/aromatic N) is 5. The second kappa shape index (κ2) is 8.97. The molecule has 4 heterocycles. The number of hydrogen-bond acceptors (Lipinski definition) is 4. The molecular formula is C24H35N5O2. The van der Waals surface area contributed by atoms with Crippen molar-refractivity contribution in [3.8, 4) is 0 Å². The van der Waals surface area contributed by atoms with Crippen LogP contribution in [0, 0.1) is 19.8 Å². The van der Waals surface area contributed by atoms with Gasteiger partial charge in [0.2, 0.25) is 11.8 Å². The van der Waals surface area contributed by atoms with Crippen molar-refractivity contribution in [2.45, 2.75) is 72.1 Å². The first-order valence-corrected chi connectivity index (χ1v) is 11.8. The van der Waals surface area contributed by atoms with Crippen LogP contribution in [0.5, 0.6) is 0 Å². The van der Waals surface area contributed by atoms with Gasteiger partial charge in [-0.25, -0.2) is 9.50 Å². The highest BCUT2D eigenvalue weighted by atomic mass is 16.2. The first-order valence-electron chi connectivity index (χ1n) is 11.8. The van der Waals surface area contributed by atoms with Gasteiger partial charge in [0, 0.05) is 62.4 Å². The van der Waals surface area contributed by atoms with Crippen LogP contribution < -0.4 is 0 Å². The topological polar surface area (TPSA) is 70.8 Å². The summed E-state index contributed by atoms with van der Waals surface area (Å²) in [6.07, 6.45) is 5.04. The molecule has 168 valence electrons. The molecular weight excluding hydrogens is 390 g/mol. The number of hydrogen-bond donors (Lipinski definition) is 0. The largest absolute Gasteiger partial charge is 0.342 e. The van der Waals surface area contributed by atoms with E-state index in [4.69, 9.17) is 10.1 Å². The second-order valence-electron chi connectivity index (χ2n) is 9.37. The molecule has 31 heavy (non-hydrogen) atoms. The number of aromatic nitrogens is 3. The van der Waals surface area contributed by atoms with Crippen molar-refractivity contribution < 1.29 is 9.59 Å². The molecule has 2 saturated heterocycles. The summed E-state index contributed by atoms with van der Waals surface area (Å²) in [6.45, 7) is 11.6. The normalized spacial score (nSPS) is 21.8. The molecule has 0 aliphatic carbocycles. The highest BCUT2D eigenvalue weighted by molar-refractivity contribution is 5.77.